The van der Waals surface area contributed by atoms with Crippen molar-refractivity contribution in [1.29, 1.82) is 0 Å². The van der Waals surface area contributed by atoms with E-state index in [2.05, 4.69) is 5.32 Å². The number of carboxylic acid groups (broad SMARTS) is 2. The van der Waals surface area contributed by atoms with Gasteiger partial charge < -0.3 is 36.2 Å². The van der Waals surface area contributed by atoms with E-state index in [0.29, 0.717) is 12.7 Å². The van der Waals surface area contributed by atoms with E-state index < -0.39 is 30.1 Å². The number of phenolic OH excluding ortho intramolecular Hbond substituents is 2. The number of carbonyl (C=O) groups excluding carboxylic acids is 1. The molecule has 0 fully saturated rings. The first kappa shape index (κ1) is 34.0. The number of amides is 1. The third kappa shape index (κ3) is 8.85. The first-order valence-electron chi connectivity index (χ1n) is 13.7. The van der Waals surface area contributed by atoms with Gasteiger partial charge in [-0.05, 0) is 109 Å². The zero-order valence-electron chi connectivity index (χ0n) is 23.7. The Hall–Kier alpha value is -3.89. The molecule has 12 heteroatoms. The van der Waals surface area contributed by atoms with Gasteiger partial charge in [0.05, 0.1) is 7.14 Å². The van der Waals surface area contributed by atoms with Crippen molar-refractivity contribution in [3.8, 4) is 22.6 Å². The zero-order valence-corrected chi connectivity index (χ0v) is 28.0. The summed E-state index contributed by atoms with van der Waals surface area (Å²) < 4.78 is 6.75. The highest BCUT2D eigenvalue weighted by Gasteiger charge is 2.30. The lowest BCUT2D eigenvalue weighted by atomic mass is 9.98. The van der Waals surface area contributed by atoms with E-state index in [1.165, 1.54) is 12.1 Å². The monoisotopic (exact) mass is 836 g/mol. The number of hydrogen-bond acceptors (Lipinski definition) is 7. The number of benzene rings is 4. The van der Waals surface area contributed by atoms with Gasteiger partial charge in [-0.1, -0.05) is 60.7 Å². The van der Waals surface area contributed by atoms with Crippen LogP contribution in [0.5, 0.6) is 11.5 Å². The summed E-state index contributed by atoms with van der Waals surface area (Å²) in [7, 11) is 0. The van der Waals surface area contributed by atoms with Crippen LogP contribution in [0.15, 0.2) is 84.9 Å². The van der Waals surface area contributed by atoms with Crippen LogP contribution in [0.25, 0.3) is 11.1 Å². The smallest absolute Gasteiger partial charge is 0.407 e. The number of aliphatic carboxylic acids is 2. The van der Waals surface area contributed by atoms with Crippen molar-refractivity contribution in [3.63, 3.8) is 0 Å². The van der Waals surface area contributed by atoms with Gasteiger partial charge in [0.15, 0.2) is 0 Å². The van der Waals surface area contributed by atoms with Crippen molar-refractivity contribution >= 4 is 63.2 Å². The molecule has 7 N–H and O–H groups in total. The molecule has 5 rings (SSSR count). The maximum absolute atomic E-state index is 12.4. The second kappa shape index (κ2) is 15.4. The molecule has 1 aliphatic carbocycles. The molecule has 234 valence electrons. The Labute approximate surface area is 286 Å². The minimum absolute atomic E-state index is 0.0792. The zero-order chi connectivity index (χ0) is 32.7. The van der Waals surface area contributed by atoms with Crippen LogP contribution in [0, 0.1) is 7.14 Å². The summed E-state index contributed by atoms with van der Waals surface area (Å²) >= 11 is 3.94. The van der Waals surface area contributed by atoms with Gasteiger partial charge in [-0.3, -0.25) is 4.79 Å². The molecular formula is C33H30I2N2O8. The van der Waals surface area contributed by atoms with E-state index in [1.54, 1.807) is 24.3 Å². The second-order valence-corrected chi connectivity index (χ2v) is 12.6. The Balaban J connectivity index is 0.000000276. The Morgan fingerprint density at radius 2 is 1.24 bits per heavy atom. The molecule has 0 radical (unpaired) electrons. The van der Waals surface area contributed by atoms with Crippen molar-refractivity contribution in [2.24, 2.45) is 5.73 Å². The number of hydrogen-bond donors (Lipinski definition) is 6. The molecule has 0 spiro atoms. The Morgan fingerprint density at radius 1 is 0.756 bits per heavy atom. The lowest BCUT2D eigenvalue weighted by Gasteiger charge is -2.17. The van der Waals surface area contributed by atoms with E-state index in [4.69, 9.17) is 15.6 Å². The summed E-state index contributed by atoms with van der Waals surface area (Å²) in [5, 5.41) is 39.4. The first-order valence-corrected chi connectivity index (χ1v) is 15.9. The maximum Gasteiger partial charge on any atom is 0.407 e. The average Bonchev–Trinajstić information content (AvgIpc) is 3.33. The van der Waals surface area contributed by atoms with Crippen LogP contribution in [-0.2, 0) is 27.2 Å². The number of halogens is 2. The summed E-state index contributed by atoms with van der Waals surface area (Å²) in [4.78, 5) is 34.5. The van der Waals surface area contributed by atoms with Gasteiger partial charge in [-0.25, -0.2) is 9.59 Å². The van der Waals surface area contributed by atoms with Crippen LogP contribution in [0.2, 0.25) is 0 Å². The Morgan fingerprint density at radius 3 is 1.71 bits per heavy atom. The number of nitrogens with one attached hydrogen (secondary N) is 1. The predicted octanol–water partition coefficient (Wildman–Crippen LogP) is 5.48. The van der Waals surface area contributed by atoms with Crippen molar-refractivity contribution in [2.45, 2.75) is 30.8 Å². The van der Waals surface area contributed by atoms with Crippen LogP contribution >= 0.6 is 45.2 Å². The van der Waals surface area contributed by atoms with E-state index >= 15 is 0 Å². The number of alkyl carbamates (subject to hydrolysis) is 1. The lowest BCUT2D eigenvalue weighted by molar-refractivity contribution is -0.139. The van der Waals surface area contributed by atoms with Crippen molar-refractivity contribution in [1.82, 2.24) is 5.32 Å². The Bertz CT molecular complexity index is 1670. The third-order valence-electron chi connectivity index (χ3n) is 7.17. The average molecular weight is 836 g/mol. The lowest BCUT2D eigenvalue weighted by Crippen LogP contribution is -2.42. The molecule has 10 nitrogen and oxygen atoms in total. The molecule has 0 aromatic heterocycles. The minimum atomic E-state index is -1.16. The molecule has 0 saturated heterocycles. The molecule has 0 unspecified atom stereocenters. The van der Waals surface area contributed by atoms with Crippen LogP contribution in [0.4, 0.5) is 4.79 Å². The van der Waals surface area contributed by atoms with Crippen LogP contribution < -0.4 is 11.1 Å². The SMILES string of the molecule is N[C@@H](Cc1ccc(O)c(I)c1)C(=O)O.O=C(N[C@H](Cc1ccc(O)c(I)c1)C(=O)O)OCC1c2ccccc2-c2ccccc21. The van der Waals surface area contributed by atoms with Gasteiger partial charge in [-0.2, -0.15) is 0 Å². The third-order valence-corrected chi connectivity index (χ3v) is 8.90. The molecule has 0 aliphatic heterocycles. The quantitative estimate of drug-likeness (QED) is 0.119. The summed E-state index contributed by atoms with van der Waals surface area (Å²) in [6.07, 6.45) is -0.427. The van der Waals surface area contributed by atoms with Gasteiger partial charge in [0.1, 0.15) is 30.2 Å². The van der Waals surface area contributed by atoms with E-state index in [-0.39, 0.29) is 36.9 Å². The summed E-state index contributed by atoms with van der Waals surface area (Å²) in [6, 6.07) is 23.7. The van der Waals surface area contributed by atoms with Gasteiger partial charge in [0, 0.05) is 12.3 Å². The first-order chi connectivity index (χ1) is 21.4. The normalized spacial score (nSPS) is 13.0. The molecule has 4 aromatic rings. The standard InChI is InChI=1S/C24H20INO5.C9H10INO3/c25-20-11-14(9-10-22(20)27)12-21(23(28)29)26-24(30)31-13-19-17-7-3-1-5-15(17)16-6-2-4-8-18(16)19;10-6-3-5(1-2-8(6)12)4-7(11)9(13)14/h1-11,19,21,27H,12-13H2,(H,26,30)(H,28,29);1-3,7,12H,4,11H2,(H,13,14)/t21-;7-/m10/s1. The summed E-state index contributed by atoms with van der Waals surface area (Å²) in [6.45, 7) is 0.114. The van der Waals surface area contributed by atoms with Gasteiger partial charge in [-0.15, -0.1) is 0 Å². The number of nitrogens with two attached hydrogens (primary N) is 1. The van der Waals surface area contributed by atoms with Gasteiger partial charge >= 0.3 is 18.0 Å². The molecule has 0 saturated carbocycles. The molecule has 4 aromatic carbocycles. The number of aromatic hydroxyl groups is 2. The molecule has 0 bridgehead atoms. The van der Waals surface area contributed by atoms with Gasteiger partial charge in [0.25, 0.3) is 0 Å². The molecule has 1 aliphatic rings. The molecule has 0 heterocycles. The number of carboxylic acids is 2. The van der Waals surface area contributed by atoms with Crippen molar-refractivity contribution < 1.29 is 39.5 Å². The summed E-state index contributed by atoms with van der Waals surface area (Å²) in [5.74, 6) is -1.95. The molecule has 45 heavy (non-hydrogen) atoms. The maximum atomic E-state index is 12.4. The van der Waals surface area contributed by atoms with Gasteiger partial charge in [0.2, 0.25) is 0 Å². The van der Waals surface area contributed by atoms with Crippen LogP contribution in [0.1, 0.15) is 28.2 Å². The number of fused-ring (bicyclic) bond motifs is 3. The summed E-state index contributed by atoms with van der Waals surface area (Å²) in [5.41, 5.74) is 11.3. The highest BCUT2D eigenvalue weighted by atomic mass is 127. The van der Waals surface area contributed by atoms with Crippen LogP contribution in [-0.4, -0.2) is 57.1 Å². The van der Waals surface area contributed by atoms with Crippen LogP contribution in [0.3, 0.4) is 0 Å². The number of rotatable bonds is 9. The highest BCUT2D eigenvalue weighted by molar-refractivity contribution is 14.1. The fraction of sp³-hybridized carbons (Fsp3) is 0.182. The number of carbonyl (C=O) groups is 3. The Kier molecular flexibility index (Phi) is 11.6. The molecular weight excluding hydrogens is 806 g/mol. The van der Waals surface area contributed by atoms with E-state index in [0.717, 1.165) is 27.8 Å². The fourth-order valence-electron chi connectivity index (χ4n) is 4.91. The topological polar surface area (TPSA) is 179 Å². The number of phenols is 2. The largest absolute Gasteiger partial charge is 0.507 e. The number of ether oxygens (including phenoxy) is 1. The second-order valence-electron chi connectivity index (χ2n) is 10.3. The molecule has 2 atom stereocenters. The van der Waals surface area contributed by atoms with Crippen molar-refractivity contribution in [2.75, 3.05) is 6.61 Å². The predicted molar refractivity (Wildman–Crippen MR) is 184 cm³/mol. The van der Waals surface area contributed by atoms with E-state index in [1.807, 2.05) is 93.7 Å². The van der Waals surface area contributed by atoms with Crippen molar-refractivity contribution in [3.05, 3.63) is 114 Å². The van der Waals surface area contributed by atoms with E-state index in [9.17, 15) is 29.7 Å². The fourth-order valence-corrected chi connectivity index (χ4v) is 6.07. The minimum Gasteiger partial charge on any atom is -0.507 e. The highest BCUT2D eigenvalue weighted by Crippen LogP contribution is 2.44. The molecule has 1 amide bonds.